The van der Waals surface area contributed by atoms with E-state index in [0.717, 1.165) is 24.8 Å². The number of hydrogen-bond donors (Lipinski definition) is 1. The van der Waals surface area contributed by atoms with Crippen molar-refractivity contribution in [2.75, 3.05) is 7.05 Å². The van der Waals surface area contributed by atoms with Crippen LogP contribution in [0.15, 0.2) is 18.2 Å². The Morgan fingerprint density at radius 2 is 2.25 bits per heavy atom. The Labute approximate surface area is 93.6 Å². The van der Waals surface area contributed by atoms with Crippen LogP contribution in [0.5, 0.6) is 5.75 Å². The largest absolute Gasteiger partial charge is 0.435 e. The summed E-state index contributed by atoms with van der Waals surface area (Å²) in [5.74, 6) is 0.255. The quantitative estimate of drug-likeness (QED) is 0.857. The minimum absolute atomic E-state index is 0.255. The van der Waals surface area contributed by atoms with Crippen LogP contribution in [0, 0.1) is 0 Å². The average molecular weight is 227 g/mol. The van der Waals surface area contributed by atoms with Crippen molar-refractivity contribution in [3.63, 3.8) is 0 Å². The third kappa shape index (κ3) is 2.32. The van der Waals surface area contributed by atoms with E-state index < -0.39 is 6.61 Å². The summed E-state index contributed by atoms with van der Waals surface area (Å²) >= 11 is 0. The summed E-state index contributed by atoms with van der Waals surface area (Å²) in [5.41, 5.74) is 2.32. The second-order valence-electron chi connectivity index (χ2n) is 3.97. The van der Waals surface area contributed by atoms with Crippen molar-refractivity contribution in [2.24, 2.45) is 0 Å². The Morgan fingerprint density at radius 1 is 1.44 bits per heavy atom. The molecule has 1 aliphatic carbocycles. The number of fused-ring (bicyclic) bond motifs is 1. The Morgan fingerprint density at radius 3 is 2.94 bits per heavy atom. The summed E-state index contributed by atoms with van der Waals surface area (Å²) in [6.45, 7) is -2.75. The average Bonchev–Trinajstić information content (AvgIpc) is 2.27. The van der Waals surface area contributed by atoms with Gasteiger partial charge in [-0.2, -0.15) is 8.78 Å². The van der Waals surface area contributed by atoms with E-state index in [4.69, 9.17) is 0 Å². The number of aryl methyl sites for hydroxylation is 1. The van der Waals surface area contributed by atoms with Gasteiger partial charge >= 0.3 is 6.61 Å². The molecule has 0 bridgehead atoms. The molecule has 1 N–H and O–H groups in total. The van der Waals surface area contributed by atoms with Gasteiger partial charge in [0.25, 0.3) is 0 Å². The maximum Gasteiger partial charge on any atom is 0.387 e. The van der Waals surface area contributed by atoms with Crippen molar-refractivity contribution in [3.05, 3.63) is 29.3 Å². The second-order valence-corrected chi connectivity index (χ2v) is 3.97. The standard InChI is InChI=1S/C12H15F2NO/c1-15-11-4-2-3-8-7-9(16-12(13)14)5-6-10(8)11/h5-7,11-12,15H,2-4H2,1H3. The maximum absolute atomic E-state index is 12.1. The van der Waals surface area contributed by atoms with Gasteiger partial charge in [-0.3, -0.25) is 0 Å². The van der Waals surface area contributed by atoms with E-state index in [9.17, 15) is 8.78 Å². The van der Waals surface area contributed by atoms with Gasteiger partial charge in [-0.05, 0) is 49.6 Å². The molecule has 0 aliphatic heterocycles. The molecule has 1 aromatic rings. The number of alkyl halides is 2. The zero-order valence-corrected chi connectivity index (χ0v) is 9.17. The third-order valence-corrected chi connectivity index (χ3v) is 3.00. The highest BCUT2D eigenvalue weighted by Gasteiger charge is 2.19. The maximum atomic E-state index is 12.1. The summed E-state index contributed by atoms with van der Waals surface area (Å²) in [7, 11) is 1.92. The fraction of sp³-hybridized carbons (Fsp3) is 0.500. The molecule has 1 unspecified atom stereocenters. The van der Waals surface area contributed by atoms with E-state index in [1.165, 1.54) is 5.56 Å². The molecule has 2 nitrogen and oxygen atoms in total. The van der Waals surface area contributed by atoms with Crippen molar-refractivity contribution in [2.45, 2.75) is 31.9 Å². The molecule has 0 aromatic heterocycles. The lowest BCUT2D eigenvalue weighted by atomic mass is 9.87. The summed E-state index contributed by atoms with van der Waals surface area (Å²) in [5, 5.41) is 3.23. The Kier molecular flexibility index (Phi) is 3.39. The molecule has 16 heavy (non-hydrogen) atoms. The van der Waals surface area contributed by atoms with Crippen LogP contribution in [0.25, 0.3) is 0 Å². The van der Waals surface area contributed by atoms with Crippen molar-refractivity contribution in [3.8, 4) is 5.75 Å². The van der Waals surface area contributed by atoms with Gasteiger partial charge in [-0.15, -0.1) is 0 Å². The molecule has 1 atom stereocenters. The highest BCUT2D eigenvalue weighted by Crippen LogP contribution is 2.32. The van der Waals surface area contributed by atoms with E-state index in [2.05, 4.69) is 10.1 Å². The molecule has 1 aliphatic rings. The van der Waals surface area contributed by atoms with E-state index in [1.54, 1.807) is 12.1 Å². The summed E-state index contributed by atoms with van der Waals surface area (Å²) < 4.78 is 28.5. The van der Waals surface area contributed by atoms with E-state index in [1.807, 2.05) is 13.1 Å². The molecule has 0 fully saturated rings. The summed E-state index contributed by atoms with van der Waals surface area (Å²) in [4.78, 5) is 0. The van der Waals surface area contributed by atoms with Gasteiger partial charge in [0.05, 0.1) is 0 Å². The van der Waals surface area contributed by atoms with E-state index in [0.29, 0.717) is 6.04 Å². The first kappa shape index (κ1) is 11.3. The third-order valence-electron chi connectivity index (χ3n) is 3.00. The lowest BCUT2D eigenvalue weighted by Crippen LogP contribution is -2.21. The monoisotopic (exact) mass is 227 g/mol. The predicted octanol–water partition coefficient (Wildman–Crippen LogP) is 2.88. The lowest BCUT2D eigenvalue weighted by Gasteiger charge is -2.25. The molecular weight excluding hydrogens is 212 g/mol. The van der Waals surface area contributed by atoms with Crippen molar-refractivity contribution < 1.29 is 13.5 Å². The van der Waals surface area contributed by atoms with Crippen LogP contribution in [0.1, 0.15) is 30.0 Å². The minimum atomic E-state index is -2.75. The van der Waals surface area contributed by atoms with Gasteiger partial charge < -0.3 is 10.1 Å². The van der Waals surface area contributed by atoms with Crippen LogP contribution in [0.2, 0.25) is 0 Å². The fourth-order valence-corrected chi connectivity index (χ4v) is 2.27. The number of halogens is 2. The number of ether oxygens (including phenoxy) is 1. The first-order valence-corrected chi connectivity index (χ1v) is 5.45. The van der Waals surface area contributed by atoms with Crippen molar-refractivity contribution in [1.29, 1.82) is 0 Å². The smallest absolute Gasteiger partial charge is 0.387 e. The molecule has 0 heterocycles. The van der Waals surface area contributed by atoms with Crippen molar-refractivity contribution in [1.82, 2.24) is 5.32 Å². The normalized spacial score (nSPS) is 19.6. The van der Waals surface area contributed by atoms with E-state index in [-0.39, 0.29) is 5.75 Å². The minimum Gasteiger partial charge on any atom is -0.435 e. The summed E-state index contributed by atoms with van der Waals surface area (Å²) in [6.07, 6.45) is 3.11. The van der Waals surface area contributed by atoms with Crippen LogP contribution >= 0.6 is 0 Å². The van der Waals surface area contributed by atoms with Gasteiger partial charge in [0.2, 0.25) is 0 Å². The first-order chi connectivity index (χ1) is 7.70. The molecule has 4 heteroatoms. The van der Waals surface area contributed by atoms with Gasteiger partial charge in [0, 0.05) is 6.04 Å². The molecule has 1 aromatic carbocycles. The molecular formula is C12H15F2NO. The predicted molar refractivity (Wildman–Crippen MR) is 57.8 cm³/mol. The van der Waals surface area contributed by atoms with Crippen LogP contribution in [-0.4, -0.2) is 13.7 Å². The van der Waals surface area contributed by atoms with Crippen LogP contribution in [0.3, 0.4) is 0 Å². The first-order valence-electron chi connectivity index (χ1n) is 5.45. The van der Waals surface area contributed by atoms with Crippen LogP contribution in [-0.2, 0) is 6.42 Å². The summed E-state index contributed by atoms with van der Waals surface area (Å²) in [6, 6.07) is 5.56. The molecule has 2 rings (SSSR count). The van der Waals surface area contributed by atoms with Gasteiger partial charge in [-0.1, -0.05) is 6.07 Å². The highest BCUT2D eigenvalue weighted by atomic mass is 19.3. The van der Waals surface area contributed by atoms with Crippen LogP contribution in [0.4, 0.5) is 8.78 Å². The Balaban J connectivity index is 2.24. The lowest BCUT2D eigenvalue weighted by molar-refractivity contribution is -0.0499. The van der Waals surface area contributed by atoms with Gasteiger partial charge in [0.1, 0.15) is 5.75 Å². The van der Waals surface area contributed by atoms with Crippen molar-refractivity contribution >= 4 is 0 Å². The van der Waals surface area contributed by atoms with Crippen LogP contribution < -0.4 is 10.1 Å². The number of hydrogen-bond acceptors (Lipinski definition) is 2. The SMILES string of the molecule is CNC1CCCc2cc(OC(F)F)ccc21. The highest BCUT2D eigenvalue weighted by molar-refractivity contribution is 5.39. The zero-order valence-electron chi connectivity index (χ0n) is 9.17. The zero-order chi connectivity index (χ0) is 11.5. The Hall–Kier alpha value is -1.16. The molecule has 0 amide bonds. The second kappa shape index (κ2) is 4.78. The van der Waals surface area contributed by atoms with Gasteiger partial charge in [0.15, 0.2) is 0 Å². The molecule has 0 saturated heterocycles. The molecule has 0 saturated carbocycles. The molecule has 0 spiro atoms. The Bertz CT molecular complexity index is 368. The number of rotatable bonds is 3. The topological polar surface area (TPSA) is 21.3 Å². The fourth-order valence-electron chi connectivity index (χ4n) is 2.27. The number of nitrogens with one attached hydrogen (secondary N) is 1. The number of benzene rings is 1. The molecule has 0 radical (unpaired) electrons. The van der Waals surface area contributed by atoms with Gasteiger partial charge in [-0.25, -0.2) is 0 Å². The van der Waals surface area contributed by atoms with E-state index >= 15 is 0 Å². The molecule has 88 valence electrons.